The number of carbonyl (C=O) groups is 2. The minimum atomic E-state index is -1.30. The Bertz CT molecular complexity index is 797. The fraction of sp³-hybridized carbons (Fsp3) is 0.652. The summed E-state index contributed by atoms with van der Waals surface area (Å²) in [4.78, 5) is 24.7. The number of piperidine rings is 1. The second-order valence-corrected chi connectivity index (χ2v) is 9.46. The molecule has 8 heteroatoms. The van der Waals surface area contributed by atoms with E-state index < -0.39 is 30.2 Å². The lowest BCUT2D eigenvalue weighted by atomic mass is 9.56. The number of ether oxygens (including phenoxy) is 2. The summed E-state index contributed by atoms with van der Waals surface area (Å²) in [6.07, 6.45) is 5.59. The highest BCUT2D eigenvalue weighted by molar-refractivity contribution is 5.88. The van der Waals surface area contributed by atoms with Gasteiger partial charge in [0.25, 0.3) is 0 Å². The van der Waals surface area contributed by atoms with Crippen LogP contribution in [0.4, 0.5) is 13.6 Å². The van der Waals surface area contributed by atoms with Gasteiger partial charge in [0.2, 0.25) is 0 Å². The molecule has 0 atom stereocenters. The number of hydrogen-bond acceptors (Lipinski definition) is 4. The number of aromatic carboxylic acids is 1. The van der Waals surface area contributed by atoms with E-state index in [2.05, 4.69) is 0 Å². The Morgan fingerprint density at radius 2 is 1.94 bits per heavy atom. The van der Waals surface area contributed by atoms with E-state index in [9.17, 15) is 18.4 Å². The quantitative estimate of drug-likeness (QED) is 0.573. The van der Waals surface area contributed by atoms with Crippen molar-refractivity contribution in [2.24, 2.45) is 11.3 Å². The molecule has 0 bridgehead atoms. The predicted octanol–water partition coefficient (Wildman–Crippen LogP) is 5.06. The number of carbonyl (C=O) groups excluding carboxylic acids is 1. The molecular formula is C23H31F2NO5. The summed E-state index contributed by atoms with van der Waals surface area (Å²) in [5, 5.41) is 8.85. The molecule has 1 amide bonds. The smallest absolute Gasteiger partial charge is 0.410 e. The van der Waals surface area contributed by atoms with Crippen LogP contribution >= 0.6 is 0 Å². The summed E-state index contributed by atoms with van der Waals surface area (Å²) < 4.78 is 37.3. The maximum absolute atomic E-state index is 13.7. The van der Waals surface area contributed by atoms with Gasteiger partial charge >= 0.3 is 12.1 Å². The van der Waals surface area contributed by atoms with Gasteiger partial charge in [0.1, 0.15) is 23.8 Å². The fourth-order valence-corrected chi connectivity index (χ4v) is 4.59. The van der Waals surface area contributed by atoms with Crippen molar-refractivity contribution in [3.05, 3.63) is 29.6 Å². The molecule has 1 saturated heterocycles. The Hall–Kier alpha value is -2.38. The van der Waals surface area contributed by atoms with Gasteiger partial charge in [-0.05, 0) is 75.8 Å². The molecule has 3 rings (SSSR count). The molecule has 1 spiro atoms. The van der Waals surface area contributed by atoms with E-state index in [1.807, 2.05) is 0 Å². The third-order valence-corrected chi connectivity index (χ3v) is 6.41. The zero-order valence-electron chi connectivity index (χ0n) is 18.2. The topological polar surface area (TPSA) is 76.1 Å². The van der Waals surface area contributed by atoms with E-state index in [1.165, 1.54) is 12.1 Å². The molecule has 172 valence electrons. The summed E-state index contributed by atoms with van der Waals surface area (Å²) in [6.45, 7) is 4.18. The second-order valence-electron chi connectivity index (χ2n) is 9.46. The Balaban J connectivity index is 1.33. The standard InChI is InChI=1S/C23H31F2NO5/c1-22(2,15-24)31-21(29)26-9-7-23(8-10-26)13-16(14-23)4-3-11-30-17-5-6-18(20(27)28)19(25)12-17/h5-6,12,16H,3-4,7-11,13-15H2,1-2H3,(H,27,28). The number of alkyl halides is 1. The zero-order valence-corrected chi connectivity index (χ0v) is 18.2. The van der Waals surface area contributed by atoms with E-state index in [1.54, 1.807) is 18.7 Å². The lowest BCUT2D eigenvalue weighted by Gasteiger charge is -2.52. The Labute approximate surface area is 181 Å². The van der Waals surface area contributed by atoms with E-state index in [0.717, 1.165) is 44.6 Å². The summed E-state index contributed by atoms with van der Waals surface area (Å²) in [5.74, 6) is -1.13. The van der Waals surface area contributed by atoms with Crippen molar-refractivity contribution in [1.29, 1.82) is 0 Å². The number of carboxylic acid groups (broad SMARTS) is 1. The molecule has 1 saturated carbocycles. The van der Waals surface area contributed by atoms with Crippen LogP contribution in [0.2, 0.25) is 0 Å². The predicted molar refractivity (Wildman–Crippen MR) is 111 cm³/mol. The number of benzene rings is 1. The van der Waals surface area contributed by atoms with E-state index in [0.29, 0.717) is 36.8 Å². The van der Waals surface area contributed by atoms with Gasteiger partial charge < -0.3 is 19.5 Å². The Morgan fingerprint density at radius 1 is 1.26 bits per heavy atom. The van der Waals surface area contributed by atoms with Gasteiger partial charge in [0, 0.05) is 19.2 Å². The summed E-state index contributed by atoms with van der Waals surface area (Å²) in [5.41, 5.74) is -1.15. The molecule has 1 aromatic rings. The number of amides is 1. The van der Waals surface area contributed by atoms with E-state index in [4.69, 9.17) is 14.6 Å². The number of carboxylic acids is 1. The minimum absolute atomic E-state index is 0.299. The maximum Gasteiger partial charge on any atom is 0.410 e. The van der Waals surface area contributed by atoms with Crippen molar-refractivity contribution in [2.75, 3.05) is 26.4 Å². The summed E-state index contributed by atoms with van der Waals surface area (Å²) in [7, 11) is 0. The zero-order chi connectivity index (χ0) is 22.6. The van der Waals surface area contributed by atoms with Crippen molar-refractivity contribution in [3.63, 3.8) is 0 Å². The Morgan fingerprint density at radius 3 is 2.52 bits per heavy atom. The van der Waals surface area contributed by atoms with Crippen molar-refractivity contribution in [3.8, 4) is 5.75 Å². The SMILES string of the molecule is CC(C)(CF)OC(=O)N1CCC2(CC1)CC(CCCOc1ccc(C(=O)O)c(F)c1)C2. The number of halogens is 2. The number of hydrogen-bond donors (Lipinski definition) is 1. The van der Waals surface area contributed by atoms with Crippen LogP contribution in [0.25, 0.3) is 0 Å². The molecule has 1 aliphatic carbocycles. The molecule has 2 fully saturated rings. The lowest BCUT2D eigenvalue weighted by molar-refractivity contribution is -0.0379. The van der Waals surface area contributed by atoms with Crippen molar-refractivity contribution in [2.45, 2.75) is 58.0 Å². The molecule has 1 aliphatic heterocycles. The van der Waals surface area contributed by atoms with E-state index in [-0.39, 0.29) is 5.56 Å². The molecule has 2 aliphatic rings. The first kappa shape index (κ1) is 23.3. The van der Waals surface area contributed by atoms with Crippen molar-refractivity contribution >= 4 is 12.1 Å². The number of likely N-dealkylation sites (tertiary alicyclic amines) is 1. The Kier molecular flexibility index (Phi) is 7.06. The number of rotatable bonds is 8. The third-order valence-electron chi connectivity index (χ3n) is 6.41. The third kappa shape index (κ3) is 5.86. The van der Waals surface area contributed by atoms with Gasteiger partial charge in [0.15, 0.2) is 0 Å². The van der Waals surface area contributed by atoms with Gasteiger partial charge in [-0.2, -0.15) is 0 Å². The van der Waals surface area contributed by atoms with Crippen LogP contribution in [0.3, 0.4) is 0 Å². The van der Waals surface area contributed by atoms with Crippen LogP contribution in [0, 0.1) is 17.2 Å². The molecule has 1 N–H and O–H groups in total. The van der Waals surface area contributed by atoms with Crippen LogP contribution in [-0.4, -0.2) is 54.0 Å². The monoisotopic (exact) mass is 439 g/mol. The molecule has 0 unspecified atom stereocenters. The second kappa shape index (κ2) is 9.40. The average molecular weight is 439 g/mol. The van der Waals surface area contributed by atoms with Gasteiger partial charge in [-0.3, -0.25) is 0 Å². The van der Waals surface area contributed by atoms with Crippen LogP contribution in [-0.2, 0) is 4.74 Å². The molecular weight excluding hydrogens is 408 g/mol. The highest BCUT2D eigenvalue weighted by atomic mass is 19.1. The van der Waals surface area contributed by atoms with Crippen LogP contribution in [0.1, 0.15) is 62.7 Å². The van der Waals surface area contributed by atoms with Gasteiger partial charge in [-0.15, -0.1) is 0 Å². The molecule has 1 heterocycles. The minimum Gasteiger partial charge on any atom is -0.493 e. The highest BCUT2D eigenvalue weighted by Crippen LogP contribution is 2.54. The average Bonchev–Trinajstić information content (AvgIpc) is 2.69. The lowest BCUT2D eigenvalue weighted by Crippen LogP contribution is -2.50. The molecule has 0 radical (unpaired) electrons. The largest absolute Gasteiger partial charge is 0.493 e. The van der Waals surface area contributed by atoms with Crippen LogP contribution in [0.5, 0.6) is 5.75 Å². The molecule has 0 aromatic heterocycles. The summed E-state index contributed by atoms with van der Waals surface area (Å²) >= 11 is 0. The molecule has 6 nitrogen and oxygen atoms in total. The van der Waals surface area contributed by atoms with Gasteiger partial charge in [0.05, 0.1) is 12.2 Å². The van der Waals surface area contributed by atoms with Crippen LogP contribution < -0.4 is 4.74 Å². The first-order chi connectivity index (χ1) is 14.6. The molecule has 1 aromatic carbocycles. The van der Waals surface area contributed by atoms with E-state index >= 15 is 0 Å². The molecule has 31 heavy (non-hydrogen) atoms. The van der Waals surface area contributed by atoms with Crippen molar-refractivity contribution in [1.82, 2.24) is 4.90 Å². The number of nitrogens with zero attached hydrogens (tertiary/aromatic N) is 1. The van der Waals surface area contributed by atoms with Gasteiger partial charge in [-0.25, -0.2) is 18.4 Å². The van der Waals surface area contributed by atoms with Gasteiger partial charge in [-0.1, -0.05) is 0 Å². The van der Waals surface area contributed by atoms with Crippen molar-refractivity contribution < 1.29 is 33.0 Å². The fourth-order valence-electron chi connectivity index (χ4n) is 4.59. The summed E-state index contributed by atoms with van der Waals surface area (Å²) in [6, 6.07) is 3.79. The highest BCUT2D eigenvalue weighted by Gasteiger charge is 2.46. The normalized spacial score (nSPS) is 18.5. The first-order valence-electron chi connectivity index (χ1n) is 10.8. The first-order valence-corrected chi connectivity index (χ1v) is 10.8. The maximum atomic E-state index is 13.7. The van der Waals surface area contributed by atoms with Crippen LogP contribution in [0.15, 0.2) is 18.2 Å².